The molecule has 1 heterocycles. The Morgan fingerprint density at radius 3 is 2.37 bits per heavy atom. The molecule has 0 saturated heterocycles. The Hall–Kier alpha value is -2.20. The number of hydrogen-bond acceptors (Lipinski definition) is 3. The number of hydrogen-bond donors (Lipinski definition) is 1. The smallest absolute Gasteiger partial charge is 0.150 e. The number of nitrogen functional groups attached to an aromatic ring is 1. The Bertz CT molecular complexity index is 774. The van der Waals surface area contributed by atoms with Crippen LogP contribution in [-0.4, -0.2) is 9.97 Å². The fraction of sp³-hybridized carbons (Fsp3) is 0. The number of rotatable bonds is 1. The minimum Gasteiger partial charge on any atom is -0.382 e. The highest BCUT2D eigenvalue weighted by Gasteiger charge is 2.10. The van der Waals surface area contributed by atoms with Gasteiger partial charge in [-0.25, -0.2) is 14.4 Å². The first-order valence-electron chi connectivity index (χ1n) is 5.63. The molecule has 0 aliphatic heterocycles. The van der Waals surface area contributed by atoms with Gasteiger partial charge in [-0.1, -0.05) is 23.7 Å². The number of benzene rings is 2. The fourth-order valence-corrected chi connectivity index (χ4v) is 2.05. The van der Waals surface area contributed by atoms with Crippen LogP contribution in [0.4, 0.5) is 10.2 Å². The third-order valence-electron chi connectivity index (χ3n) is 2.79. The van der Waals surface area contributed by atoms with Crippen molar-refractivity contribution in [3.05, 3.63) is 53.3 Å². The number of fused-ring (bicyclic) bond motifs is 1. The zero-order valence-electron chi connectivity index (χ0n) is 9.77. The summed E-state index contributed by atoms with van der Waals surface area (Å²) in [5.41, 5.74) is 8.49. The number of nitrogens with zero attached hydrogens (tertiary/aromatic N) is 2. The predicted octanol–water partition coefficient (Wildman–Crippen LogP) is 3.67. The van der Waals surface area contributed by atoms with Gasteiger partial charge in [-0.05, 0) is 30.3 Å². The summed E-state index contributed by atoms with van der Waals surface area (Å²) in [5, 5.41) is 0.0341. The first-order chi connectivity index (χ1) is 9.15. The Kier molecular flexibility index (Phi) is 2.80. The van der Waals surface area contributed by atoms with Crippen LogP contribution in [-0.2, 0) is 0 Å². The van der Waals surface area contributed by atoms with Gasteiger partial charge in [0.15, 0.2) is 5.82 Å². The Morgan fingerprint density at radius 1 is 1.00 bits per heavy atom. The van der Waals surface area contributed by atoms with Gasteiger partial charge in [0.1, 0.15) is 11.5 Å². The Labute approximate surface area is 113 Å². The monoisotopic (exact) mass is 273 g/mol. The molecule has 94 valence electrons. The third-order valence-corrected chi connectivity index (χ3v) is 3.08. The van der Waals surface area contributed by atoms with Crippen molar-refractivity contribution in [2.75, 3.05) is 5.73 Å². The highest BCUT2D eigenvalue weighted by Crippen LogP contribution is 2.28. The maximum Gasteiger partial charge on any atom is 0.150 e. The summed E-state index contributed by atoms with van der Waals surface area (Å²) < 4.78 is 13.2. The molecule has 0 atom stereocenters. The second-order valence-corrected chi connectivity index (χ2v) is 4.48. The lowest BCUT2D eigenvalue weighted by Gasteiger charge is -2.07. The normalized spacial score (nSPS) is 10.8. The molecule has 19 heavy (non-hydrogen) atoms. The van der Waals surface area contributed by atoms with E-state index in [0.717, 1.165) is 11.0 Å². The average Bonchev–Trinajstić information content (AvgIpc) is 2.41. The third kappa shape index (κ3) is 2.11. The van der Waals surface area contributed by atoms with Gasteiger partial charge in [0.25, 0.3) is 0 Å². The van der Waals surface area contributed by atoms with E-state index in [0.29, 0.717) is 17.1 Å². The lowest BCUT2D eigenvalue weighted by molar-refractivity contribution is 0.628. The van der Waals surface area contributed by atoms with Crippen LogP contribution in [0.1, 0.15) is 0 Å². The molecule has 2 aromatic carbocycles. The molecule has 0 unspecified atom stereocenters. The van der Waals surface area contributed by atoms with Crippen LogP contribution in [0, 0.1) is 5.82 Å². The highest BCUT2D eigenvalue weighted by molar-refractivity contribution is 6.31. The van der Waals surface area contributed by atoms with E-state index in [9.17, 15) is 4.39 Å². The number of aromatic nitrogens is 2. The van der Waals surface area contributed by atoms with Gasteiger partial charge in [-0.2, -0.15) is 0 Å². The Morgan fingerprint density at radius 2 is 1.68 bits per heavy atom. The second kappa shape index (κ2) is 4.48. The van der Waals surface area contributed by atoms with Crippen molar-refractivity contribution in [2.24, 2.45) is 0 Å². The molecule has 3 rings (SSSR count). The first-order valence-corrected chi connectivity index (χ1v) is 6.00. The summed E-state index contributed by atoms with van der Waals surface area (Å²) in [5.74, 6) is -0.181. The predicted molar refractivity (Wildman–Crippen MR) is 74.4 cm³/mol. The zero-order chi connectivity index (χ0) is 13.4. The molecule has 0 saturated carbocycles. The quantitative estimate of drug-likeness (QED) is 0.736. The van der Waals surface area contributed by atoms with Gasteiger partial charge in [-0.3, -0.25) is 0 Å². The average molecular weight is 274 g/mol. The molecular formula is C14H9ClFN3. The van der Waals surface area contributed by atoms with E-state index in [-0.39, 0.29) is 5.02 Å². The van der Waals surface area contributed by atoms with Crippen LogP contribution in [0.5, 0.6) is 0 Å². The lowest BCUT2D eigenvalue weighted by Crippen LogP contribution is -1.98. The van der Waals surface area contributed by atoms with Crippen molar-refractivity contribution >= 4 is 28.5 Å². The minimum atomic E-state index is -0.474. The molecule has 5 heteroatoms. The van der Waals surface area contributed by atoms with Gasteiger partial charge in [-0.15, -0.1) is 0 Å². The molecule has 0 aliphatic carbocycles. The van der Waals surface area contributed by atoms with Crippen molar-refractivity contribution in [3.63, 3.8) is 0 Å². The topological polar surface area (TPSA) is 51.8 Å². The van der Waals surface area contributed by atoms with Crippen LogP contribution in [0.2, 0.25) is 5.02 Å². The summed E-state index contributed by atoms with van der Waals surface area (Å²) in [6.07, 6.45) is 0. The van der Waals surface area contributed by atoms with E-state index in [4.69, 9.17) is 17.3 Å². The first kappa shape index (κ1) is 11.9. The standard InChI is InChI=1S/C14H9ClFN3/c15-9-7-8(5-6-10(9)16)13-14(17)19-12-4-2-1-3-11(12)18-13/h1-7H,(H2,17,19). The van der Waals surface area contributed by atoms with E-state index in [1.807, 2.05) is 24.3 Å². The molecular weight excluding hydrogens is 265 g/mol. The van der Waals surface area contributed by atoms with Gasteiger partial charge in [0, 0.05) is 5.56 Å². The summed E-state index contributed by atoms with van der Waals surface area (Å²) in [7, 11) is 0. The van der Waals surface area contributed by atoms with Crippen LogP contribution in [0.3, 0.4) is 0 Å². The summed E-state index contributed by atoms with van der Waals surface area (Å²) >= 11 is 5.77. The molecule has 0 radical (unpaired) electrons. The van der Waals surface area contributed by atoms with E-state index in [2.05, 4.69) is 9.97 Å². The van der Waals surface area contributed by atoms with Crippen molar-refractivity contribution < 1.29 is 4.39 Å². The van der Waals surface area contributed by atoms with Crippen LogP contribution in [0.25, 0.3) is 22.3 Å². The van der Waals surface area contributed by atoms with Gasteiger partial charge in [0.2, 0.25) is 0 Å². The number of halogens is 2. The van der Waals surface area contributed by atoms with Crippen molar-refractivity contribution in [1.29, 1.82) is 0 Å². The molecule has 3 nitrogen and oxygen atoms in total. The van der Waals surface area contributed by atoms with E-state index in [1.54, 1.807) is 6.07 Å². The number of anilines is 1. The molecule has 3 aromatic rings. The van der Waals surface area contributed by atoms with Gasteiger partial charge >= 0.3 is 0 Å². The maximum atomic E-state index is 13.2. The van der Waals surface area contributed by atoms with Gasteiger partial charge < -0.3 is 5.73 Å². The summed E-state index contributed by atoms with van der Waals surface area (Å²) in [6, 6.07) is 11.8. The zero-order valence-corrected chi connectivity index (χ0v) is 10.5. The van der Waals surface area contributed by atoms with Gasteiger partial charge in [0.05, 0.1) is 16.1 Å². The molecule has 0 amide bonds. The maximum absolute atomic E-state index is 13.2. The van der Waals surface area contributed by atoms with Crippen molar-refractivity contribution in [3.8, 4) is 11.3 Å². The minimum absolute atomic E-state index is 0.0341. The molecule has 2 N–H and O–H groups in total. The van der Waals surface area contributed by atoms with Crippen LogP contribution < -0.4 is 5.73 Å². The molecule has 0 spiro atoms. The van der Waals surface area contributed by atoms with E-state index >= 15 is 0 Å². The van der Waals surface area contributed by atoms with Crippen LogP contribution in [0.15, 0.2) is 42.5 Å². The SMILES string of the molecule is Nc1nc2ccccc2nc1-c1ccc(F)c(Cl)c1. The number of para-hydroxylation sites is 2. The summed E-state index contributed by atoms with van der Waals surface area (Å²) in [4.78, 5) is 8.73. The van der Waals surface area contributed by atoms with Crippen molar-refractivity contribution in [1.82, 2.24) is 9.97 Å². The largest absolute Gasteiger partial charge is 0.382 e. The fourth-order valence-electron chi connectivity index (χ4n) is 1.87. The summed E-state index contributed by atoms with van der Waals surface area (Å²) in [6.45, 7) is 0. The van der Waals surface area contributed by atoms with Crippen LogP contribution >= 0.6 is 11.6 Å². The highest BCUT2D eigenvalue weighted by atomic mass is 35.5. The van der Waals surface area contributed by atoms with E-state index in [1.165, 1.54) is 12.1 Å². The van der Waals surface area contributed by atoms with Crippen molar-refractivity contribution in [2.45, 2.75) is 0 Å². The number of nitrogens with two attached hydrogens (primary N) is 1. The molecule has 0 fully saturated rings. The second-order valence-electron chi connectivity index (χ2n) is 4.08. The molecule has 1 aromatic heterocycles. The Balaban J connectivity index is 2.23. The van der Waals surface area contributed by atoms with E-state index < -0.39 is 5.82 Å². The molecule has 0 bridgehead atoms. The lowest BCUT2D eigenvalue weighted by atomic mass is 10.1. The molecule has 0 aliphatic rings.